The van der Waals surface area contributed by atoms with Crippen molar-refractivity contribution in [2.45, 2.75) is 39.5 Å². The molecule has 0 amide bonds. The van der Waals surface area contributed by atoms with Crippen molar-refractivity contribution in [2.75, 3.05) is 0 Å². The van der Waals surface area contributed by atoms with Gasteiger partial charge in [0.2, 0.25) is 0 Å². The molecule has 2 nitrogen and oxygen atoms in total. The number of aliphatic carboxylic acids is 1. The number of rotatable bonds is 5. The van der Waals surface area contributed by atoms with E-state index in [9.17, 15) is 4.79 Å². The van der Waals surface area contributed by atoms with Crippen molar-refractivity contribution in [2.24, 2.45) is 5.92 Å². The van der Waals surface area contributed by atoms with Crippen LogP contribution in [-0.2, 0) is 4.79 Å². The summed E-state index contributed by atoms with van der Waals surface area (Å²) in [4.78, 5) is 10.4. The van der Waals surface area contributed by atoms with Gasteiger partial charge in [-0.1, -0.05) is 26.7 Å². The molecule has 0 saturated carbocycles. The molecule has 0 rings (SSSR count). The van der Waals surface area contributed by atoms with E-state index in [0.717, 1.165) is 25.7 Å². The SMILES string of the molecule is CCCCC(CC)C(=O)O.[H-].[Li+]. The molecule has 0 spiro atoms. The second-order valence-electron chi connectivity index (χ2n) is 2.59. The molecular weight excluding hydrogens is 135 g/mol. The number of hydrogen-bond acceptors (Lipinski definition) is 1. The maximum absolute atomic E-state index is 10.4. The van der Waals surface area contributed by atoms with Gasteiger partial charge in [0.25, 0.3) is 0 Å². The molecule has 0 aliphatic heterocycles. The molecular formula is C8H17LiO2. The zero-order valence-electron chi connectivity index (χ0n) is 8.76. The van der Waals surface area contributed by atoms with Crippen LogP contribution in [0.4, 0.5) is 0 Å². The van der Waals surface area contributed by atoms with Gasteiger partial charge in [-0.3, -0.25) is 4.79 Å². The molecule has 1 unspecified atom stereocenters. The van der Waals surface area contributed by atoms with E-state index in [1.54, 1.807) is 0 Å². The average molecular weight is 152 g/mol. The van der Waals surface area contributed by atoms with Gasteiger partial charge in [-0.25, -0.2) is 0 Å². The van der Waals surface area contributed by atoms with E-state index in [1.165, 1.54) is 0 Å². The van der Waals surface area contributed by atoms with Crippen molar-refractivity contribution in [3.63, 3.8) is 0 Å². The van der Waals surface area contributed by atoms with E-state index in [-0.39, 0.29) is 26.2 Å². The summed E-state index contributed by atoms with van der Waals surface area (Å²) >= 11 is 0. The number of carbonyl (C=O) groups is 1. The molecule has 1 N–H and O–H groups in total. The zero-order valence-corrected chi connectivity index (χ0v) is 7.76. The van der Waals surface area contributed by atoms with Crippen LogP contribution in [0.3, 0.4) is 0 Å². The van der Waals surface area contributed by atoms with Gasteiger partial charge in [0.15, 0.2) is 0 Å². The molecule has 3 heteroatoms. The molecule has 0 aromatic rings. The van der Waals surface area contributed by atoms with Crippen molar-refractivity contribution in [1.29, 1.82) is 0 Å². The molecule has 0 saturated heterocycles. The molecule has 0 radical (unpaired) electrons. The van der Waals surface area contributed by atoms with Crippen LogP contribution in [0.25, 0.3) is 0 Å². The van der Waals surface area contributed by atoms with Gasteiger partial charge in [0.05, 0.1) is 5.92 Å². The van der Waals surface area contributed by atoms with E-state index in [0.29, 0.717) is 0 Å². The summed E-state index contributed by atoms with van der Waals surface area (Å²) in [5.74, 6) is -0.754. The van der Waals surface area contributed by atoms with Crippen molar-refractivity contribution in [3.05, 3.63) is 0 Å². The molecule has 0 aromatic heterocycles. The second kappa shape index (κ2) is 8.17. The topological polar surface area (TPSA) is 37.3 Å². The molecule has 0 heterocycles. The van der Waals surface area contributed by atoms with Gasteiger partial charge in [0, 0.05) is 0 Å². The molecule has 11 heavy (non-hydrogen) atoms. The largest absolute Gasteiger partial charge is 1.00 e. The maximum atomic E-state index is 10.4. The summed E-state index contributed by atoms with van der Waals surface area (Å²) in [6, 6.07) is 0. The van der Waals surface area contributed by atoms with Crippen LogP contribution >= 0.6 is 0 Å². The van der Waals surface area contributed by atoms with Gasteiger partial charge in [-0.05, 0) is 12.8 Å². The van der Waals surface area contributed by atoms with Gasteiger partial charge in [0.1, 0.15) is 0 Å². The Balaban J connectivity index is -0.000000405. The molecule has 1 atom stereocenters. The number of carboxylic acid groups (broad SMARTS) is 1. The van der Waals surface area contributed by atoms with E-state index in [1.807, 2.05) is 6.92 Å². The fourth-order valence-electron chi connectivity index (χ4n) is 0.953. The third kappa shape index (κ3) is 6.46. The third-order valence-corrected chi connectivity index (χ3v) is 1.75. The summed E-state index contributed by atoms with van der Waals surface area (Å²) in [5, 5.41) is 8.60. The Bertz CT molecular complexity index is 109. The van der Waals surface area contributed by atoms with Crippen LogP contribution in [-0.4, -0.2) is 11.1 Å². The predicted molar refractivity (Wildman–Crippen MR) is 42.1 cm³/mol. The van der Waals surface area contributed by atoms with Crippen LogP contribution < -0.4 is 18.9 Å². The van der Waals surface area contributed by atoms with Gasteiger partial charge >= 0.3 is 24.8 Å². The first-order valence-electron chi connectivity index (χ1n) is 3.95. The van der Waals surface area contributed by atoms with Crippen molar-refractivity contribution < 1.29 is 30.2 Å². The van der Waals surface area contributed by atoms with Crippen molar-refractivity contribution in [1.82, 2.24) is 0 Å². The summed E-state index contributed by atoms with van der Waals surface area (Å²) < 4.78 is 0. The average Bonchev–Trinajstić information content (AvgIpc) is 1.89. The van der Waals surface area contributed by atoms with Crippen LogP contribution in [0.5, 0.6) is 0 Å². The molecule has 0 aliphatic carbocycles. The smallest absolute Gasteiger partial charge is 1.00 e. The van der Waals surface area contributed by atoms with Crippen LogP contribution in [0, 0.1) is 5.92 Å². The summed E-state index contributed by atoms with van der Waals surface area (Å²) in [7, 11) is 0. The zero-order chi connectivity index (χ0) is 7.98. The Labute approximate surface area is 82.0 Å². The van der Waals surface area contributed by atoms with E-state index in [2.05, 4.69) is 6.92 Å². The quantitative estimate of drug-likeness (QED) is 0.534. The summed E-state index contributed by atoms with van der Waals surface area (Å²) in [5.41, 5.74) is 0. The van der Waals surface area contributed by atoms with Gasteiger partial charge in [-0.15, -0.1) is 0 Å². The summed E-state index contributed by atoms with van der Waals surface area (Å²) in [6.45, 7) is 4.00. The van der Waals surface area contributed by atoms with E-state index >= 15 is 0 Å². The Morgan fingerprint density at radius 2 is 2.09 bits per heavy atom. The van der Waals surface area contributed by atoms with E-state index < -0.39 is 5.97 Å². The number of hydrogen-bond donors (Lipinski definition) is 1. The van der Waals surface area contributed by atoms with Crippen LogP contribution in [0.2, 0.25) is 0 Å². The first-order valence-corrected chi connectivity index (χ1v) is 3.95. The second-order valence-corrected chi connectivity index (χ2v) is 2.59. The Hall–Kier alpha value is 0.0674. The predicted octanol–water partition coefficient (Wildman–Crippen LogP) is -0.596. The maximum Gasteiger partial charge on any atom is 1.00 e. The first-order chi connectivity index (χ1) is 4.72. The minimum atomic E-state index is -0.643. The molecule has 0 bridgehead atoms. The van der Waals surface area contributed by atoms with Crippen molar-refractivity contribution in [3.8, 4) is 0 Å². The van der Waals surface area contributed by atoms with Gasteiger partial charge in [-0.2, -0.15) is 0 Å². The fourth-order valence-corrected chi connectivity index (χ4v) is 0.953. The Morgan fingerprint density at radius 3 is 2.36 bits per heavy atom. The van der Waals surface area contributed by atoms with Crippen LogP contribution in [0.15, 0.2) is 0 Å². The molecule has 0 aliphatic rings. The third-order valence-electron chi connectivity index (χ3n) is 1.75. The monoisotopic (exact) mass is 152 g/mol. The van der Waals surface area contributed by atoms with E-state index in [4.69, 9.17) is 5.11 Å². The Morgan fingerprint density at radius 1 is 1.55 bits per heavy atom. The molecule has 0 fully saturated rings. The minimum absolute atomic E-state index is 0. The standard InChI is InChI=1S/C8H16O2.Li.H/c1-3-5-6-7(4-2)8(9)10;;/h7H,3-6H2,1-2H3,(H,9,10);;/q;+1;-1. The Kier molecular flexibility index (Phi) is 10.1. The van der Waals surface area contributed by atoms with Crippen LogP contribution in [0.1, 0.15) is 41.0 Å². The fraction of sp³-hybridized carbons (Fsp3) is 0.875. The first kappa shape index (κ1) is 13.6. The number of carboxylic acids is 1. The summed E-state index contributed by atoms with van der Waals surface area (Å²) in [6.07, 6.45) is 3.71. The van der Waals surface area contributed by atoms with Crippen molar-refractivity contribution >= 4 is 5.97 Å². The number of unbranched alkanes of at least 4 members (excludes halogenated alkanes) is 1. The molecule has 0 aromatic carbocycles. The normalized spacial score (nSPS) is 11.8. The van der Waals surface area contributed by atoms with Gasteiger partial charge < -0.3 is 6.53 Å². The molecule has 62 valence electrons. The minimum Gasteiger partial charge on any atom is -1.00 e.